The number of nitrogens with zero attached hydrogens (tertiary/aromatic N) is 3. The average Bonchev–Trinajstić information content (AvgIpc) is 3.04. The maximum atomic E-state index is 12.8. The maximum absolute atomic E-state index is 12.8. The molecule has 2 aliphatic heterocycles. The van der Waals surface area contributed by atoms with Crippen molar-refractivity contribution in [3.63, 3.8) is 0 Å². The first kappa shape index (κ1) is 16.3. The molecule has 25 heavy (non-hydrogen) atoms. The van der Waals surface area contributed by atoms with Crippen LogP contribution in [0.5, 0.6) is 0 Å². The molecule has 0 bridgehead atoms. The number of piperidine rings is 1. The zero-order chi connectivity index (χ0) is 17.6. The zero-order valence-electron chi connectivity index (χ0n) is 15.3. The number of aromatic nitrogens is 2. The third-order valence-corrected chi connectivity index (χ3v) is 5.91. The van der Waals surface area contributed by atoms with Gasteiger partial charge >= 0.3 is 0 Å². The lowest BCUT2D eigenvalue weighted by Gasteiger charge is -2.39. The average molecular weight is 338 g/mol. The highest BCUT2D eigenvalue weighted by Gasteiger charge is 2.48. The first-order valence-corrected chi connectivity index (χ1v) is 9.21. The summed E-state index contributed by atoms with van der Waals surface area (Å²) in [5.41, 5.74) is 5.43. The largest absolute Gasteiger partial charge is 0.325 e. The molecule has 2 aromatic rings. The number of para-hydroxylation sites is 1. The van der Waals surface area contributed by atoms with E-state index in [0.717, 1.165) is 50.4 Å². The van der Waals surface area contributed by atoms with Gasteiger partial charge in [-0.25, -0.2) is 0 Å². The van der Waals surface area contributed by atoms with Gasteiger partial charge in [0.2, 0.25) is 5.91 Å². The minimum absolute atomic E-state index is 0.163. The van der Waals surface area contributed by atoms with Crippen molar-refractivity contribution >= 4 is 11.6 Å². The molecule has 1 aromatic carbocycles. The van der Waals surface area contributed by atoms with Gasteiger partial charge < -0.3 is 5.32 Å². The van der Waals surface area contributed by atoms with Crippen molar-refractivity contribution in [3.05, 3.63) is 46.8 Å². The summed E-state index contributed by atoms with van der Waals surface area (Å²) in [6, 6.07) is 8.16. The van der Waals surface area contributed by atoms with Crippen LogP contribution >= 0.6 is 0 Å². The van der Waals surface area contributed by atoms with E-state index in [-0.39, 0.29) is 5.91 Å². The number of carbonyl (C=O) groups excluding carboxylic acids is 1. The Bertz CT molecular complexity index is 825. The lowest BCUT2D eigenvalue weighted by Crippen LogP contribution is -2.49. The number of amides is 1. The summed E-state index contributed by atoms with van der Waals surface area (Å²) in [5.74, 6) is 0.163. The van der Waals surface area contributed by atoms with Crippen molar-refractivity contribution in [3.8, 4) is 0 Å². The molecular weight excluding hydrogens is 312 g/mol. The first-order chi connectivity index (χ1) is 12.0. The topological polar surface area (TPSA) is 50.2 Å². The van der Waals surface area contributed by atoms with Crippen molar-refractivity contribution in [2.24, 2.45) is 0 Å². The molecule has 0 saturated carbocycles. The normalized spacial score (nSPS) is 23.1. The lowest BCUT2D eigenvalue weighted by atomic mass is 9.75. The Labute approximate surface area is 149 Å². The van der Waals surface area contributed by atoms with Gasteiger partial charge in [0.1, 0.15) is 0 Å². The summed E-state index contributed by atoms with van der Waals surface area (Å²) in [6.07, 6.45) is 1.97. The molecule has 1 atom stereocenters. The number of nitrogens with one attached hydrogen (secondary N) is 1. The highest BCUT2D eigenvalue weighted by molar-refractivity contribution is 6.06. The number of hydrogen-bond donors (Lipinski definition) is 1. The Morgan fingerprint density at radius 2 is 2.08 bits per heavy atom. The Kier molecular flexibility index (Phi) is 3.91. The minimum atomic E-state index is -0.391. The molecule has 1 N–H and O–H groups in total. The molecule has 1 spiro atoms. The maximum Gasteiger partial charge on any atom is 0.236 e. The Hall–Kier alpha value is -2.14. The van der Waals surface area contributed by atoms with Crippen molar-refractivity contribution in [2.75, 3.05) is 18.4 Å². The van der Waals surface area contributed by atoms with Gasteiger partial charge in [0, 0.05) is 36.6 Å². The summed E-state index contributed by atoms with van der Waals surface area (Å²) in [6.45, 7) is 9.95. The molecule has 1 fully saturated rings. The highest BCUT2D eigenvalue weighted by atomic mass is 16.2. The number of likely N-dealkylation sites (tertiary alicyclic amines) is 1. The van der Waals surface area contributed by atoms with Crippen LogP contribution in [0.1, 0.15) is 42.3 Å². The van der Waals surface area contributed by atoms with Gasteiger partial charge in [-0.15, -0.1) is 0 Å². The van der Waals surface area contributed by atoms with E-state index in [0.29, 0.717) is 0 Å². The van der Waals surface area contributed by atoms with Gasteiger partial charge in [0.05, 0.1) is 11.1 Å². The molecular formula is C20H26N4O. The smallest absolute Gasteiger partial charge is 0.236 e. The van der Waals surface area contributed by atoms with Gasteiger partial charge in [-0.2, -0.15) is 5.10 Å². The Morgan fingerprint density at radius 1 is 1.28 bits per heavy atom. The van der Waals surface area contributed by atoms with E-state index in [1.165, 1.54) is 16.8 Å². The molecule has 132 valence electrons. The van der Waals surface area contributed by atoms with Crippen LogP contribution in [0.4, 0.5) is 5.69 Å². The van der Waals surface area contributed by atoms with Crippen molar-refractivity contribution < 1.29 is 4.79 Å². The van der Waals surface area contributed by atoms with Crippen LogP contribution in [0.15, 0.2) is 24.3 Å². The standard InChI is InChI=1S/C20H26N4O/c1-4-24-15(3)16(14(2)22-24)12-23-11-7-10-20(13-23)17-8-5-6-9-18(17)21-19(20)25/h5-6,8-9H,4,7,10-13H2,1-3H3,(H,21,25)/t20-/m1/s1. The Morgan fingerprint density at radius 3 is 2.84 bits per heavy atom. The molecule has 2 aliphatic rings. The van der Waals surface area contributed by atoms with E-state index in [1.807, 2.05) is 18.2 Å². The van der Waals surface area contributed by atoms with Crippen LogP contribution in [0.2, 0.25) is 0 Å². The quantitative estimate of drug-likeness (QED) is 0.936. The van der Waals surface area contributed by atoms with Crippen molar-refractivity contribution in [2.45, 2.75) is 52.1 Å². The molecule has 0 aliphatic carbocycles. The summed E-state index contributed by atoms with van der Waals surface area (Å²) in [5, 5.41) is 7.74. The fourth-order valence-corrected chi connectivity index (χ4v) is 4.55. The van der Waals surface area contributed by atoms with E-state index < -0.39 is 5.41 Å². The lowest BCUT2D eigenvalue weighted by molar-refractivity contribution is -0.122. The minimum Gasteiger partial charge on any atom is -0.325 e. The number of hydrogen-bond acceptors (Lipinski definition) is 3. The van der Waals surface area contributed by atoms with Crippen LogP contribution in [0.3, 0.4) is 0 Å². The van der Waals surface area contributed by atoms with Crippen LogP contribution < -0.4 is 5.32 Å². The predicted octanol–water partition coefficient (Wildman–Crippen LogP) is 3.01. The third-order valence-electron chi connectivity index (χ3n) is 5.91. The molecule has 1 aromatic heterocycles. The van der Waals surface area contributed by atoms with Crippen molar-refractivity contribution in [1.82, 2.24) is 14.7 Å². The van der Waals surface area contributed by atoms with E-state index in [1.54, 1.807) is 0 Å². The number of rotatable bonds is 3. The van der Waals surface area contributed by atoms with Gasteiger partial charge in [-0.3, -0.25) is 14.4 Å². The highest BCUT2D eigenvalue weighted by Crippen LogP contribution is 2.43. The molecule has 5 heteroatoms. The molecule has 1 amide bonds. The van der Waals surface area contributed by atoms with Gasteiger partial charge in [0.25, 0.3) is 0 Å². The number of aryl methyl sites for hydroxylation is 2. The number of anilines is 1. The molecule has 4 rings (SSSR count). The van der Waals surface area contributed by atoms with Gasteiger partial charge in [-0.05, 0) is 51.8 Å². The third kappa shape index (κ3) is 2.49. The number of carbonyl (C=O) groups is 1. The van der Waals surface area contributed by atoms with Gasteiger partial charge in [-0.1, -0.05) is 18.2 Å². The fourth-order valence-electron chi connectivity index (χ4n) is 4.55. The summed E-state index contributed by atoms with van der Waals surface area (Å²) >= 11 is 0. The molecule has 1 saturated heterocycles. The first-order valence-electron chi connectivity index (χ1n) is 9.21. The zero-order valence-corrected chi connectivity index (χ0v) is 15.3. The summed E-state index contributed by atoms with van der Waals surface area (Å²) in [7, 11) is 0. The monoisotopic (exact) mass is 338 g/mol. The van der Waals surface area contributed by atoms with Crippen LogP contribution in [0, 0.1) is 13.8 Å². The molecule has 3 heterocycles. The van der Waals surface area contributed by atoms with Crippen LogP contribution in [-0.2, 0) is 23.3 Å². The second kappa shape index (κ2) is 5.99. The molecule has 0 unspecified atom stereocenters. The van der Waals surface area contributed by atoms with Crippen molar-refractivity contribution in [1.29, 1.82) is 0 Å². The summed E-state index contributed by atoms with van der Waals surface area (Å²) < 4.78 is 2.07. The SMILES string of the molecule is CCn1nc(C)c(CN2CCC[C@]3(C2)C(=O)Nc2ccccc23)c1C. The second-order valence-electron chi connectivity index (χ2n) is 7.36. The molecule has 0 radical (unpaired) electrons. The number of benzene rings is 1. The summed E-state index contributed by atoms with van der Waals surface area (Å²) in [4.78, 5) is 15.3. The van der Waals surface area contributed by atoms with Crippen LogP contribution in [0.25, 0.3) is 0 Å². The van der Waals surface area contributed by atoms with Crippen LogP contribution in [-0.4, -0.2) is 33.7 Å². The predicted molar refractivity (Wildman–Crippen MR) is 98.6 cm³/mol. The fraction of sp³-hybridized carbons (Fsp3) is 0.500. The second-order valence-corrected chi connectivity index (χ2v) is 7.36. The van der Waals surface area contributed by atoms with E-state index in [9.17, 15) is 4.79 Å². The van der Waals surface area contributed by atoms with E-state index >= 15 is 0 Å². The molecule has 5 nitrogen and oxygen atoms in total. The van der Waals surface area contributed by atoms with Gasteiger partial charge in [0.15, 0.2) is 0 Å². The van der Waals surface area contributed by atoms with E-state index in [2.05, 4.69) is 46.8 Å². The number of fused-ring (bicyclic) bond motifs is 2. The Balaban J connectivity index is 1.62. The van der Waals surface area contributed by atoms with E-state index in [4.69, 9.17) is 0 Å².